The third kappa shape index (κ3) is 6.77. The minimum atomic E-state index is -0.464. The minimum absolute atomic E-state index is 0.0882. The molecule has 2 unspecified atom stereocenters. The largest absolute Gasteiger partial charge is 0.497 e. The first kappa shape index (κ1) is 23.7. The second-order valence-electron chi connectivity index (χ2n) is 7.75. The van der Waals surface area contributed by atoms with Gasteiger partial charge < -0.3 is 20.1 Å². The van der Waals surface area contributed by atoms with Crippen molar-refractivity contribution in [2.45, 2.75) is 25.4 Å². The van der Waals surface area contributed by atoms with Gasteiger partial charge in [-0.2, -0.15) is 0 Å². The summed E-state index contributed by atoms with van der Waals surface area (Å²) in [5, 5.41) is 5.81. The first-order valence-electron chi connectivity index (χ1n) is 10.7. The predicted molar refractivity (Wildman–Crippen MR) is 119 cm³/mol. The van der Waals surface area contributed by atoms with Gasteiger partial charge in [-0.25, -0.2) is 4.39 Å². The molecular formula is C24H30FN3O4. The van der Waals surface area contributed by atoms with Crippen LogP contribution in [0.4, 0.5) is 4.39 Å². The quantitative estimate of drug-likeness (QED) is 0.623. The van der Waals surface area contributed by atoms with Crippen LogP contribution in [0.2, 0.25) is 0 Å². The maximum atomic E-state index is 13.8. The minimum Gasteiger partial charge on any atom is -0.497 e. The summed E-state index contributed by atoms with van der Waals surface area (Å²) in [6.45, 7) is 4.36. The number of nitrogens with one attached hydrogen (secondary N) is 2. The number of carbonyl (C=O) groups is 2. The third-order valence-electron chi connectivity index (χ3n) is 5.50. The Morgan fingerprint density at radius 3 is 2.47 bits per heavy atom. The molecule has 0 saturated carbocycles. The molecule has 1 aliphatic rings. The van der Waals surface area contributed by atoms with Gasteiger partial charge in [-0.15, -0.1) is 0 Å². The van der Waals surface area contributed by atoms with Crippen LogP contribution in [0.1, 0.15) is 36.6 Å². The van der Waals surface area contributed by atoms with Crippen LogP contribution in [0.15, 0.2) is 48.5 Å². The number of hydrogen-bond donors (Lipinski definition) is 2. The summed E-state index contributed by atoms with van der Waals surface area (Å²) in [5.74, 6) is -0.0284. The van der Waals surface area contributed by atoms with E-state index in [-0.39, 0.29) is 30.1 Å². The molecule has 172 valence electrons. The first-order valence-corrected chi connectivity index (χ1v) is 10.7. The predicted octanol–water partition coefficient (Wildman–Crippen LogP) is 2.59. The lowest BCUT2D eigenvalue weighted by Gasteiger charge is -2.35. The van der Waals surface area contributed by atoms with Crippen molar-refractivity contribution in [3.8, 4) is 5.75 Å². The second kappa shape index (κ2) is 11.6. The highest BCUT2D eigenvalue weighted by molar-refractivity contribution is 5.79. The molecule has 3 rings (SSSR count). The maximum absolute atomic E-state index is 13.8. The van der Waals surface area contributed by atoms with Crippen molar-refractivity contribution in [2.75, 3.05) is 40.0 Å². The maximum Gasteiger partial charge on any atom is 0.222 e. The molecule has 0 aromatic heterocycles. The van der Waals surface area contributed by atoms with E-state index in [4.69, 9.17) is 9.47 Å². The normalized spacial score (nSPS) is 16.1. The Hall–Kier alpha value is -2.97. The van der Waals surface area contributed by atoms with Crippen LogP contribution in [0.25, 0.3) is 0 Å². The number of rotatable bonds is 9. The van der Waals surface area contributed by atoms with Gasteiger partial charge in [0.15, 0.2) is 0 Å². The first-order chi connectivity index (χ1) is 15.5. The van der Waals surface area contributed by atoms with Crippen LogP contribution in [0.3, 0.4) is 0 Å². The molecule has 2 N–H and O–H groups in total. The van der Waals surface area contributed by atoms with E-state index in [1.54, 1.807) is 25.3 Å². The molecule has 7 nitrogen and oxygen atoms in total. The Balaban J connectivity index is 1.68. The van der Waals surface area contributed by atoms with Gasteiger partial charge in [0.1, 0.15) is 11.6 Å². The van der Waals surface area contributed by atoms with Gasteiger partial charge in [0, 0.05) is 26.6 Å². The SMILES string of the molecule is COc1ccc(C(CC(=O)NCC(c2cccc(F)c2)N2CCOCC2)NC(C)=O)cc1. The molecule has 2 aromatic carbocycles. The lowest BCUT2D eigenvalue weighted by Crippen LogP contribution is -2.44. The zero-order valence-corrected chi connectivity index (χ0v) is 18.5. The molecule has 8 heteroatoms. The van der Waals surface area contributed by atoms with E-state index in [0.29, 0.717) is 38.6 Å². The van der Waals surface area contributed by atoms with Crippen molar-refractivity contribution in [3.63, 3.8) is 0 Å². The fourth-order valence-electron chi connectivity index (χ4n) is 3.86. The van der Waals surface area contributed by atoms with Gasteiger partial charge in [0.2, 0.25) is 11.8 Å². The van der Waals surface area contributed by atoms with Crippen LogP contribution < -0.4 is 15.4 Å². The van der Waals surface area contributed by atoms with Crippen molar-refractivity contribution >= 4 is 11.8 Å². The number of nitrogens with zero attached hydrogens (tertiary/aromatic N) is 1. The molecule has 0 bridgehead atoms. The summed E-state index contributed by atoms with van der Waals surface area (Å²) < 4.78 is 24.5. The Bertz CT molecular complexity index is 900. The molecule has 1 fully saturated rings. The number of hydrogen-bond acceptors (Lipinski definition) is 5. The average Bonchev–Trinajstić information content (AvgIpc) is 2.79. The molecule has 0 aliphatic carbocycles. The standard InChI is InChI=1S/C24H30FN3O4/c1-17(29)27-22(18-6-8-21(31-2)9-7-18)15-24(30)26-16-23(28-10-12-32-13-11-28)19-4-3-5-20(25)14-19/h3-9,14,22-23H,10-13,15-16H2,1-2H3,(H,26,30)(H,27,29). The summed E-state index contributed by atoms with van der Waals surface area (Å²) >= 11 is 0. The topological polar surface area (TPSA) is 79.9 Å². The van der Waals surface area contributed by atoms with Crippen LogP contribution in [-0.2, 0) is 14.3 Å². The van der Waals surface area contributed by atoms with E-state index in [9.17, 15) is 14.0 Å². The average molecular weight is 444 g/mol. The molecule has 32 heavy (non-hydrogen) atoms. The van der Waals surface area contributed by atoms with Crippen molar-refractivity contribution in [2.24, 2.45) is 0 Å². The second-order valence-corrected chi connectivity index (χ2v) is 7.75. The highest BCUT2D eigenvalue weighted by Crippen LogP contribution is 2.23. The molecule has 1 aliphatic heterocycles. The Morgan fingerprint density at radius 1 is 1.12 bits per heavy atom. The molecule has 0 spiro atoms. The van der Waals surface area contributed by atoms with E-state index in [0.717, 1.165) is 11.1 Å². The zero-order chi connectivity index (χ0) is 22.9. The van der Waals surface area contributed by atoms with Gasteiger partial charge >= 0.3 is 0 Å². The summed E-state index contributed by atoms with van der Waals surface area (Å²) in [6, 6.07) is 13.1. The molecule has 1 saturated heterocycles. The van der Waals surface area contributed by atoms with E-state index >= 15 is 0 Å². The fraction of sp³-hybridized carbons (Fsp3) is 0.417. The van der Waals surface area contributed by atoms with Crippen molar-refractivity contribution in [3.05, 3.63) is 65.5 Å². The van der Waals surface area contributed by atoms with Crippen LogP contribution in [0.5, 0.6) is 5.75 Å². The van der Waals surface area contributed by atoms with Gasteiger partial charge in [-0.1, -0.05) is 24.3 Å². The Kier molecular flexibility index (Phi) is 8.58. The number of benzene rings is 2. The lowest BCUT2D eigenvalue weighted by atomic mass is 10.0. The van der Waals surface area contributed by atoms with E-state index in [2.05, 4.69) is 15.5 Å². The zero-order valence-electron chi connectivity index (χ0n) is 18.5. The lowest BCUT2D eigenvalue weighted by molar-refractivity contribution is -0.123. The molecular weight excluding hydrogens is 413 g/mol. The molecule has 1 heterocycles. The number of carbonyl (C=O) groups excluding carboxylic acids is 2. The molecule has 2 aromatic rings. The fourth-order valence-corrected chi connectivity index (χ4v) is 3.86. The highest BCUT2D eigenvalue weighted by atomic mass is 19.1. The van der Waals surface area contributed by atoms with Gasteiger partial charge in [-0.3, -0.25) is 14.5 Å². The van der Waals surface area contributed by atoms with Crippen LogP contribution >= 0.6 is 0 Å². The van der Waals surface area contributed by atoms with E-state index in [1.165, 1.54) is 19.1 Å². The van der Waals surface area contributed by atoms with E-state index in [1.807, 2.05) is 18.2 Å². The van der Waals surface area contributed by atoms with Gasteiger partial charge in [0.25, 0.3) is 0 Å². The van der Waals surface area contributed by atoms with Crippen LogP contribution in [0, 0.1) is 5.82 Å². The summed E-state index contributed by atoms with van der Waals surface area (Å²) in [6.07, 6.45) is 0.0882. The number of ether oxygens (including phenoxy) is 2. The number of morpholine rings is 1. The summed E-state index contributed by atoms with van der Waals surface area (Å²) in [7, 11) is 1.58. The summed E-state index contributed by atoms with van der Waals surface area (Å²) in [4.78, 5) is 26.7. The Labute approximate surface area is 187 Å². The molecule has 2 atom stereocenters. The summed E-state index contributed by atoms with van der Waals surface area (Å²) in [5.41, 5.74) is 1.62. The molecule has 2 amide bonds. The third-order valence-corrected chi connectivity index (χ3v) is 5.50. The smallest absolute Gasteiger partial charge is 0.222 e. The number of halogens is 1. The van der Waals surface area contributed by atoms with Gasteiger partial charge in [-0.05, 0) is 35.4 Å². The highest BCUT2D eigenvalue weighted by Gasteiger charge is 2.24. The monoisotopic (exact) mass is 443 g/mol. The van der Waals surface area contributed by atoms with Crippen LogP contribution in [-0.4, -0.2) is 56.7 Å². The van der Waals surface area contributed by atoms with Crippen molar-refractivity contribution in [1.29, 1.82) is 0 Å². The Morgan fingerprint density at radius 2 is 1.84 bits per heavy atom. The van der Waals surface area contributed by atoms with E-state index < -0.39 is 6.04 Å². The van der Waals surface area contributed by atoms with Crippen molar-refractivity contribution in [1.82, 2.24) is 15.5 Å². The van der Waals surface area contributed by atoms with Gasteiger partial charge in [0.05, 0.1) is 38.8 Å². The number of methoxy groups -OCH3 is 1. The van der Waals surface area contributed by atoms with Crippen molar-refractivity contribution < 1.29 is 23.5 Å². The number of amides is 2. The molecule has 0 radical (unpaired) electrons.